The molecule has 3 rings (SSSR count). The van der Waals surface area contributed by atoms with Crippen LogP contribution in [0.2, 0.25) is 5.02 Å². The van der Waals surface area contributed by atoms with Gasteiger partial charge in [0, 0.05) is 27.9 Å². The fourth-order valence-corrected chi connectivity index (χ4v) is 2.92. The minimum atomic E-state index is -4.64. The number of carbonyl (C=O) groups is 1. The molecule has 0 aliphatic heterocycles. The van der Waals surface area contributed by atoms with Gasteiger partial charge in [0.2, 0.25) is 0 Å². The van der Waals surface area contributed by atoms with Gasteiger partial charge in [-0.3, -0.25) is 4.79 Å². The minimum absolute atomic E-state index is 0.0648. The Kier molecular flexibility index (Phi) is 5.15. The standard InChI is InChI=1S/C17H11ClF3N3OS/c18-11-4-5-14(13(9-11)17(19,20)21)24-15(25)10-2-1-3-12(8-10)23-16-22-6-7-26-16/h1-9H,(H,22,23)(H,24,25). The number of benzene rings is 2. The lowest BCUT2D eigenvalue weighted by atomic mass is 10.1. The van der Waals surface area contributed by atoms with Gasteiger partial charge in [0.1, 0.15) is 0 Å². The van der Waals surface area contributed by atoms with E-state index in [-0.39, 0.29) is 16.3 Å². The molecule has 0 bridgehead atoms. The second kappa shape index (κ2) is 7.35. The molecule has 0 saturated carbocycles. The molecule has 0 aliphatic rings. The van der Waals surface area contributed by atoms with Crippen molar-refractivity contribution in [3.05, 3.63) is 70.2 Å². The van der Waals surface area contributed by atoms with Gasteiger partial charge in [-0.15, -0.1) is 11.3 Å². The monoisotopic (exact) mass is 397 g/mol. The molecule has 4 nitrogen and oxygen atoms in total. The summed E-state index contributed by atoms with van der Waals surface area (Å²) < 4.78 is 39.4. The number of halogens is 4. The van der Waals surface area contributed by atoms with Gasteiger partial charge in [-0.1, -0.05) is 17.7 Å². The van der Waals surface area contributed by atoms with Crippen molar-refractivity contribution in [3.8, 4) is 0 Å². The van der Waals surface area contributed by atoms with E-state index in [0.29, 0.717) is 10.8 Å². The van der Waals surface area contributed by atoms with Crippen molar-refractivity contribution in [3.63, 3.8) is 0 Å². The predicted octanol–water partition coefficient (Wildman–Crippen LogP) is 5.81. The molecule has 0 spiro atoms. The number of hydrogen-bond donors (Lipinski definition) is 2. The van der Waals surface area contributed by atoms with Gasteiger partial charge in [0.15, 0.2) is 5.13 Å². The van der Waals surface area contributed by atoms with Crippen LogP contribution in [0.15, 0.2) is 54.0 Å². The van der Waals surface area contributed by atoms with E-state index in [4.69, 9.17) is 11.6 Å². The van der Waals surface area contributed by atoms with Crippen LogP contribution in [0.25, 0.3) is 0 Å². The van der Waals surface area contributed by atoms with Crippen molar-refractivity contribution in [1.29, 1.82) is 0 Å². The third-order valence-corrected chi connectivity index (χ3v) is 4.27. The summed E-state index contributed by atoms with van der Waals surface area (Å²) in [6.45, 7) is 0. The zero-order chi connectivity index (χ0) is 18.7. The smallest absolute Gasteiger partial charge is 0.332 e. The summed E-state index contributed by atoms with van der Waals surface area (Å²) in [5.41, 5.74) is -0.560. The Morgan fingerprint density at radius 2 is 1.96 bits per heavy atom. The Balaban J connectivity index is 1.83. The zero-order valence-electron chi connectivity index (χ0n) is 13.0. The van der Waals surface area contributed by atoms with Gasteiger partial charge in [0.25, 0.3) is 5.91 Å². The number of nitrogens with zero attached hydrogens (tertiary/aromatic N) is 1. The molecule has 1 amide bonds. The lowest BCUT2D eigenvalue weighted by Crippen LogP contribution is -2.16. The van der Waals surface area contributed by atoms with Crippen molar-refractivity contribution >= 4 is 45.4 Å². The van der Waals surface area contributed by atoms with E-state index in [9.17, 15) is 18.0 Å². The Hall–Kier alpha value is -2.58. The molecular weight excluding hydrogens is 387 g/mol. The highest BCUT2D eigenvalue weighted by Gasteiger charge is 2.34. The fourth-order valence-electron chi connectivity index (χ4n) is 2.20. The van der Waals surface area contributed by atoms with Crippen molar-refractivity contribution in [1.82, 2.24) is 4.98 Å². The number of alkyl halides is 3. The maximum absolute atomic E-state index is 13.1. The lowest BCUT2D eigenvalue weighted by Gasteiger charge is -2.14. The van der Waals surface area contributed by atoms with Crippen molar-refractivity contribution in [2.45, 2.75) is 6.18 Å². The number of aromatic nitrogens is 1. The number of nitrogens with one attached hydrogen (secondary N) is 2. The number of amides is 1. The summed E-state index contributed by atoms with van der Waals surface area (Å²) in [4.78, 5) is 16.5. The summed E-state index contributed by atoms with van der Waals surface area (Å²) in [5.74, 6) is -0.666. The van der Waals surface area contributed by atoms with Gasteiger partial charge < -0.3 is 10.6 Å². The SMILES string of the molecule is O=C(Nc1ccc(Cl)cc1C(F)(F)F)c1cccc(Nc2nccs2)c1. The van der Waals surface area contributed by atoms with Crippen LogP contribution < -0.4 is 10.6 Å². The Morgan fingerprint density at radius 1 is 1.15 bits per heavy atom. The average Bonchev–Trinajstić information content (AvgIpc) is 3.08. The quantitative estimate of drug-likeness (QED) is 0.584. The number of thiazole rings is 1. The molecule has 134 valence electrons. The number of carbonyl (C=O) groups excluding carboxylic acids is 1. The average molecular weight is 398 g/mol. The maximum atomic E-state index is 13.1. The Morgan fingerprint density at radius 3 is 2.65 bits per heavy atom. The van der Waals surface area contributed by atoms with E-state index in [1.165, 1.54) is 29.5 Å². The van der Waals surface area contributed by atoms with Crippen LogP contribution in [0.4, 0.5) is 29.7 Å². The second-order valence-electron chi connectivity index (χ2n) is 5.18. The molecular formula is C17H11ClF3N3OS. The zero-order valence-corrected chi connectivity index (χ0v) is 14.5. The number of rotatable bonds is 4. The molecule has 2 N–H and O–H groups in total. The molecule has 0 fully saturated rings. The van der Waals surface area contributed by atoms with E-state index in [1.807, 2.05) is 0 Å². The lowest BCUT2D eigenvalue weighted by molar-refractivity contribution is -0.136. The normalized spacial score (nSPS) is 11.2. The molecule has 0 unspecified atom stereocenters. The molecule has 1 heterocycles. The number of anilines is 3. The first-order chi connectivity index (χ1) is 12.3. The van der Waals surface area contributed by atoms with Crippen LogP contribution in [0.5, 0.6) is 0 Å². The molecule has 2 aromatic carbocycles. The van der Waals surface area contributed by atoms with Gasteiger partial charge in [-0.05, 0) is 36.4 Å². The van der Waals surface area contributed by atoms with Gasteiger partial charge in [0.05, 0.1) is 11.3 Å². The summed E-state index contributed by atoms with van der Waals surface area (Å²) in [6.07, 6.45) is -3.01. The van der Waals surface area contributed by atoms with Crippen molar-refractivity contribution in [2.75, 3.05) is 10.6 Å². The highest BCUT2D eigenvalue weighted by atomic mass is 35.5. The molecule has 0 atom stereocenters. The van der Waals surface area contributed by atoms with Crippen molar-refractivity contribution < 1.29 is 18.0 Å². The third-order valence-electron chi connectivity index (χ3n) is 3.34. The molecule has 0 radical (unpaired) electrons. The molecule has 9 heteroatoms. The summed E-state index contributed by atoms with van der Waals surface area (Å²) in [6, 6.07) is 9.57. The van der Waals surface area contributed by atoms with E-state index in [1.54, 1.807) is 23.7 Å². The van der Waals surface area contributed by atoms with Gasteiger partial charge in [-0.2, -0.15) is 13.2 Å². The van der Waals surface area contributed by atoms with E-state index >= 15 is 0 Å². The summed E-state index contributed by atoms with van der Waals surface area (Å²) in [7, 11) is 0. The number of hydrogen-bond acceptors (Lipinski definition) is 4. The van der Waals surface area contributed by atoms with Crippen LogP contribution in [-0.4, -0.2) is 10.9 Å². The first-order valence-electron chi connectivity index (χ1n) is 7.27. The largest absolute Gasteiger partial charge is 0.418 e. The molecule has 3 aromatic rings. The van der Waals surface area contributed by atoms with Crippen molar-refractivity contribution in [2.24, 2.45) is 0 Å². The topological polar surface area (TPSA) is 54.0 Å². The minimum Gasteiger partial charge on any atom is -0.332 e. The van der Waals surface area contributed by atoms with Gasteiger partial charge >= 0.3 is 6.18 Å². The van der Waals surface area contributed by atoms with Crippen LogP contribution in [0, 0.1) is 0 Å². The van der Waals surface area contributed by atoms with Crippen LogP contribution in [0.1, 0.15) is 15.9 Å². The highest BCUT2D eigenvalue weighted by molar-refractivity contribution is 7.13. The fraction of sp³-hybridized carbons (Fsp3) is 0.0588. The second-order valence-corrected chi connectivity index (χ2v) is 6.52. The third kappa shape index (κ3) is 4.33. The van der Waals surface area contributed by atoms with Crippen LogP contribution in [-0.2, 0) is 6.18 Å². The molecule has 0 aliphatic carbocycles. The summed E-state index contributed by atoms with van der Waals surface area (Å²) in [5, 5.41) is 7.67. The first kappa shape index (κ1) is 18.2. The van der Waals surface area contributed by atoms with E-state index < -0.39 is 17.6 Å². The summed E-state index contributed by atoms with van der Waals surface area (Å²) >= 11 is 7.02. The van der Waals surface area contributed by atoms with Gasteiger partial charge in [-0.25, -0.2) is 4.98 Å². The maximum Gasteiger partial charge on any atom is 0.418 e. The van der Waals surface area contributed by atoms with E-state index in [0.717, 1.165) is 12.1 Å². The highest BCUT2D eigenvalue weighted by Crippen LogP contribution is 2.36. The van der Waals surface area contributed by atoms with Crippen LogP contribution in [0.3, 0.4) is 0 Å². The predicted molar refractivity (Wildman–Crippen MR) is 96.2 cm³/mol. The first-order valence-corrected chi connectivity index (χ1v) is 8.53. The molecule has 1 aromatic heterocycles. The molecule has 26 heavy (non-hydrogen) atoms. The Labute approximate surface area is 155 Å². The Bertz CT molecular complexity index is 929. The van der Waals surface area contributed by atoms with E-state index in [2.05, 4.69) is 15.6 Å². The molecule has 0 saturated heterocycles. The van der Waals surface area contributed by atoms with Crippen LogP contribution >= 0.6 is 22.9 Å².